The van der Waals surface area contributed by atoms with Gasteiger partial charge in [0.15, 0.2) is 0 Å². The summed E-state index contributed by atoms with van der Waals surface area (Å²) in [6, 6.07) is 8.30. The van der Waals surface area contributed by atoms with Crippen LogP contribution in [0.4, 0.5) is 5.95 Å². The van der Waals surface area contributed by atoms with Gasteiger partial charge in [0.25, 0.3) is 0 Å². The number of anilines is 1. The second-order valence-corrected chi connectivity index (χ2v) is 8.71. The van der Waals surface area contributed by atoms with Gasteiger partial charge in [-0.15, -0.1) is 0 Å². The molecule has 3 aromatic rings. The molecule has 0 spiro atoms. The van der Waals surface area contributed by atoms with Gasteiger partial charge in [0.05, 0.1) is 26.0 Å². The van der Waals surface area contributed by atoms with Gasteiger partial charge >= 0.3 is 0 Å². The minimum absolute atomic E-state index is 0.190. The maximum atomic E-state index is 5.68. The van der Waals surface area contributed by atoms with Gasteiger partial charge < -0.3 is 14.4 Å². The molecule has 0 amide bonds. The fraction of sp³-hybridized carbons (Fsp3) is 0.423. The Bertz CT molecular complexity index is 1100. The van der Waals surface area contributed by atoms with E-state index in [1.54, 1.807) is 14.2 Å². The number of hydrogen-bond donors (Lipinski definition) is 0. The van der Waals surface area contributed by atoms with E-state index in [-0.39, 0.29) is 6.04 Å². The smallest absolute Gasteiger partial charge is 0.225 e. The number of ether oxygens (including phenoxy) is 2. The van der Waals surface area contributed by atoms with Gasteiger partial charge in [0.2, 0.25) is 5.95 Å². The third-order valence-electron chi connectivity index (χ3n) is 6.31. The fourth-order valence-electron chi connectivity index (χ4n) is 4.53. The van der Waals surface area contributed by atoms with E-state index in [2.05, 4.69) is 33.9 Å². The quantitative estimate of drug-likeness (QED) is 0.522. The summed E-state index contributed by atoms with van der Waals surface area (Å²) in [5, 5.41) is 0. The van der Waals surface area contributed by atoms with Crippen LogP contribution in [0.2, 0.25) is 0 Å². The van der Waals surface area contributed by atoms with Crippen LogP contribution in [0.1, 0.15) is 42.1 Å². The summed E-state index contributed by atoms with van der Waals surface area (Å²) >= 11 is 0. The van der Waals surface area contributed by atoms with Gasteiger partial charge in [-0.25, -0.2) is 9.97 Å². The maximum absolute atomic E-state index is 5.68. The normalized spacial score (nSPS) is 16.5. The molecule has 0 N–H and O–H groups in total. The zero-order chi connectivity index (χ0) is 23.4. The van der Waals surface area contributed by atoms with Crippen LogP contribution in [0.25, 0.3) is 11.1 Å². The van der Waals surface area contributed by atoms with Crippen molar-refractivity contribution < 1.29 is 9.47 Å². The predicted octanol–water partition coefficient (Wildman–Crippen LogP) is 4.66. The molecule has 7 heteroatoms. The molecule has 0 radical (unpaired) electrons. The first-order valence-electron chi connectivity index (χ1n) is 11.4. The molecule has 1 aliphatic rings. The van der Waals surface area contributed by atoms with Crippen molar-refractivity contribution in [1.29, 1.82) is 0 Å². The number of nitrogens with zero attached hydrogens (tertiary/aromatic N) is 5. The fourth-order valence-corrected chi connectivity index (χ4v) is 4.53. The summed E-state index contributed by atoms with van der Waals surface area (Å²) in [6.07, 6.45) is 9.12. The molecule has 1 unspecified atom stereocenters. The van der Waals surface area contributed by atoms with Crippen LogP contribution in [0, 0.1) is 6.92 Å². The van der Waals surface area contributed by atoms with Crippen molar-refractivity contribution in [2.45, 2.75) is 38.8 Å². The zero-order valence-electron chi connectivity index (χ0n) is 20.2. The van der Waals surface area contributed by atoms with Crippen molar-refractivity contribution in [3.63, 3.8) is 0 Å². The number of hydrogen-bond acceptors (Lipinski definition) is 7. The highest BCUT2D eigenvalue weighted by molar-refractivity contribution is 5.69. The highest BCUT2D eigenvalue weighted by atomic mass is 16.5. The molecule has 1 aromatic carbocycles. The lowest BCUT2D eigenvalue weighted by atomic mass is 9.92. The number of methoxy groups -OCH3 is 2. The number of aromatic nitrogens is 3. The Labute approximate surface area is 196 Å². The zero-order valence-corrected chi connectivity index (χ0v) is 20.2. The predicted molar refractivity (Wildman–Crippen MR) is 131 cm³/mol. The molecule has 1 fully saturated rings. The SMILES string of the molecule is COc1ccc(CN2CCCCC2c2nc(N(C)C)ncc2-c2ccncc2C)c(OC)c1. The van der Waals surface area contributed by atoms with Crippen molar-refractivity contribution in [1.82, 2.24) is 19.9 Å². The lowest BCUT2D eigenvalue weighted by Gasteiger charge is -2.37. The highest BCUT2D eigenvalue weighted by Crippen LogP contribution is 2.39. The minimum Gasteiger partial charge on any atom is -0.497 e. The standard InChI is InChI=1S/C26H33N5O2/c1-18-15-27-12-11-21(18)22-16-28-26(30(2)3)29-25(22)23-8-6-7-13-31(23)17-19-9-10-20(32-4)14-24(19)33-5/h9-12,14-16,23H,6-8,13,17H2,1-5H3. The van der Waals surface area contributed by atoms with Gasteiger partial charge in [-0.05, 0) is 49.6 Å². The Kier molecular flexibility index (Phi) is 7.08. The van der Waals surface area contributed by atoms with Crippen LogP contribution >= 0.6 is 0 Å². The largest absolute Gasteiger partial charge is 0.497 e. The Morgan fingerprint density at radius 2 is 1.91 bits per heavy atom. The highest BCUT2D eigenvalue weighted by Gasteiger charge is 2.29. The van der Waals surface area contributed by atoms with Crippen LogP contribution in [0.15, 0.2) is 42.9 Å². The average molecular weight is 448 g/mol. The first-order valence-corrected chi connectivity index (χ1v) is 11.4. The lowest BCUT2D eigenvalue weighted by molar-refractivity contribution is 0.136. The Balaban J connectivity index is 1.76. The number of likely N-dealkylation sites (tertiary alicyclic amines) is 1. The molecular weight excluding hydrogens is 414 g/mol. The number of pyridine rings is 1. The number of piperidine rings is 1. The third kappa shape index (κ3) is 4.93. The molecule has 0 saturated carbocycles. The van der Waals surface area contributed by atoms with E-state index >= 15 is 0 Å². The number of aryl methyl sites for hydroxylation is 1. The van der Waals surface area contributed by atoms with Gasteiger partial charge in [0, 0.05) is 56.4 Å². The van der Waals surface area contributed by atoms with Crippen LogP contribution in [0.3, 0.4) is 0 Å². The second kappa shape index (κ2) is 10.2. The van der Waals surface area contributed by atoms with E-state index in [0.717, 1.165) is 64.9 Å². The number of rotatable bonds is 7. The van der Waals surface area contributed by atoms with Gasteiger partial charge in [-0.3, -0.25) is 9.88 Å². The summed E-state index contributed by atoms with van der Waals surface area (Å²) < 4.78 is 11.1. The molecule has 174 valence electrons. The van der Waals surface area contributed by atoms with Crippen molar-refractivity contribution >= 4 is 5.95 Å². The number of benzene rings is 1. The molecular formula is C26H33N5O2. The molecule has 1 atom stereocenters. The van der Waals surface area contributed by atoms with Crippen molar-refractivity contribution in [3.8, 4) is 22.6 Å². The molecule has 2 aromatic heterocycles. The van der Waals surface area contributed by atoms with Gasteiger partial charge in [-0.2, -0.15) is 0 Å². The van der Waals surface area contributed by atoms with E-state index in [1.165, 1.54) is 12.8 Å². The topological polar surface area (TPSA) is 63.6 Å². The summed E-state index contributed by atoms with van der Waals surface area (Å²) in [5.74, 6) is 2.38. The molecule has 1 saturated heterocycles. The summed E-state index contributed by atoms with van der Waals surface area (Å²) in [4.78, 5) is 18.5. The van der Waals surface area contributed by atoms with Gasteiger partial charge in [0.1, 0.15) is 11.5 Å². The first-order chi connectivity index (χ1) is 16.0. The Hall–Kier alpha value is -3.19. The summed E-state index contributed by atoms with van der Waals surface area (Å²) in [7, 11) is 7.36. The van der Waals surface area contributed by atoms with Crippen LogP contribution < -0.4 is 14.4 Å². The van der Waals surface area contributed by atoms with Crippen LogP contribution in [-0.2, 0) is 6.54 Å². The van der Waals surface area contributed by atoms with Crippen molar-refractivity contribution in [2.75, 3.05) is 39.8 Å². The Morgan fingerprint density at radius 3 is 2.64 bits per heavy atom. The third-order valence-corrected chi connectivity index (χ3v) is 6.31. The monoisotopic (exact) mass is 447 g/mol. The van der Waals surface area contributed by atoms with E-state index in [9.17, 15) is 0 Å². The average Bonchev–Trinajstić information content (AvgIpc) is 2.84. The molecule has 1 aliphatic heterocycles. The summed E-state index contributed by atoms with van der Waals surface area (Å²) in [5.41, 5.74) is 5.57. The molecule has 0 aliphatic carbocycles. The lowest BCUT2D eigenvalue weighted by Crippen LogP contribution is -2.34. The molecule has 33 heavy (non-hydrogen) atoms. The molecule has 7 nitrogen and oxygen atoms in total. The molecule has 4 rings (SSSR count). The van der Waals surface area contributed by atoms with E-state index in [0.29, 0.717) is 0 Å². The van der Waals surface area contributed by atoms with E-state index < -0.39 is 0 Å². The maximum Gasteiger partial charge on any atom is 0.225 e. The van der Waals surface area contributed by atoms with E-state index in [4.69, 9.17) is 14.5 Å². The molecule has 3 heterocycles. The molecule has 0 bridgehead atoms. The van der Waals surface area contributed by atoms with Crippen molar-refractivity contribution in [3.05, 3.63) is 59.7 Å². The first kappa shape index (κ1) is 23.0. The van der Waals surface area contributed by atoms with Gasteiger partial charge in [-0.1, -0.05) is 12.5 Å². The van der Waals surface area contributed by atoms with Crippen LogP contribution in [0.5, 0.6) is 11.5 Å². The van der Waals surface area contributed by atoms with Crippen molar-refractivity contribution in [2.24, 2.45) is 0 Å². The second-order valence-electron chi connectivity index (χ2n) is 8.71. The minimum atomic E-state index is 0.190. The van der Waals surface area contributed by atoms with E-state index in [1.807, 2.05) is 49.7 Å². The summed E-state index contributed by atoms with van der Waals surface area (Å²) in [6.45, 7) is 3.89. The Morgan fingerprint density at radius 1 is 1.06 bits per heavy atom. The van der Waals surface area contributed by atoms with Crippen LogP contribution in [-0.4, -0.2) is 54.7 Å².